The number of hydrogen-bond donors (Lipinski definition) is 0. The van der Waals surface area contributed by atoms with Gasteiger partial charge in [0.05, 0.1) is 49.3 Å². The maximum atomic E-state index is 14.5. The van der Waals surface area contributed by atoms with Crippen LogP contribution in [0, 0.1) is 0 Å². The van der Waals surface area contributed by atoms with Gasteiger partial charge < -0.3 is 33.8 Å². The molecule has 0 spiro atoms. The molecule has 5 aliphatic heterocycles. The zero-order valence-corrected chi connectivity index (χ0v) is 25.1. The van der Waals surface area contributed by atoms with Crippen molar-refractivity contribution in [2.24, 2.45) is 0 Å². The second-order valence-electron chi connectivity index (χ2n) is 11.5. The van der Waals surface area contributed by atoms with Crippen molar-refractivity contribution in [3.8, 4) is 0 Å². The Kier molecular flexibility index (Phi) is 9.45. The highest BCUT2D eigenvalue weighted by molar-refractivity contribution is 6.25. The summed E-state index contributed by atoms with van der Waals surface area (Å²) < 4.78 is 17.2. The first-order chi connectivity index (χ1) is 22.0. The van der Waals surface area contributed by atoms with Crippen molar-refractivity contribution in [2.75, 3.05) is 78.8 Å². The zero-order chi connectivity index (χ0) is 31.3. The summed E-state index contributed by atoms with van der Waals surface area (Å²) >= 11 is 0. The number of piperidine rings is 1. The Bertz CT molecular complexity index is 1390. The van der Waals surface area contributed by atoms with Crippen LogP contribution in [-0.4, -0.2) is 149 Å². The average Bonchev–Trinajstić information content (AvgIpc) is 3.66. The smallest absolute Gasteiger partial charge is 0.290 e. The molecule has 1 unspecified atom stereocenters. The van der Waals surface area contributed by atoms with Gasteiger partial charge in [0.25, 0.3) is 23.6 Å². The van der Waals surface area contributed by atoms with E-state index in [4.69, 9.17) is 14.2 Å². The number of Topliss-reactive ketones (excluding diaryl/α,β-unsaturated/α-hetero) is 1. The van der Waals surface area contributed by atoms with Crippen LogP contribution < -0.4 is 0 Å². The van der Waals surface area contributed by atoms with Gasteiger partial charge in [-0.25, -0.2) is 0 Å². The fraction of sp³-hybridized carbons (Fsp3) is 0.600. The largest absolute Gasteiger partial charge is 0.469 e. The van der Waals surface area contributed by atoms with E-state index >= 15 is 0 Å². The lowest BCUT2D eigenvalue weighted by Crippen LogP contribution is -2.52. The predicted molar refractivity (Wildman–Crippen MR) is 154 cm³/mol. The van der Waals surface area contributed by atoms with Gasteiger partial charge in [0, 0.05) is 52.4 Å². The molecular weight excluding hydrogens is 586 g/mol. The second kappa shape index (κ2) is 13.8. The number of carbonyl (C=O) groups excluding carboxylic acids is 5. The van der Waals surface area contributed by atoms with E-state index in [0.29, 0.717) is 26.2 Å². The summed E-state index contributed by atoms with van der Waals surface area (Å²) in [5.74, 6) is -3.71. The number of nitrogens with zero attached hydrogens (tertiary/aromatic N) is 7. The standard InChI is InChI=1S/C30H37N7O8/c38-24(20-6-7-31-33-32-20)21-22(27(39)34-10-4-5-11-34)25(29(41)35-8-2-1-3-9-35)45-26(30(42)37-14-18-44-19-15-37)23(21)28(40)36-12-16-43-17-13-36/h6-7,25H,1-5,8-19H2. The number of ether oxygens (including phenoxy) is 3. The van der Waals surface area contributed by atoms with Gasteiger partial charge in [-0.1, -0.05) is 0 Å². The first-order valence-electron chi connectivity index (χ1n) is 15.6. The maximum Gasteiger partial charge on any atom is 0.290 e. The van der Waals surface area contributed by atoms with Gasteiger partial charge >= 0.3 is 0 Å². The molecule has 5 aliphatic rings. The Hall–Kier alpha value is -4.24. The first kappa shape index (κ1) is 30.8. The topological polar surface area (TPSA) is 165 Å². The molecular formula is C30H37N7O8. The molecule has 1 aromatic heterocycles. The number of amides is 4. The fourth-order valence-electron chi connectivity index (χ4n) is 6.30. The lowest BCUT2D eigenvalue weighted by Gasteiger charge is -2.38. The Morgan fingerprint density at radius 2 is 1.20 bits per heavy atom. The molecule has 0 aliphatic carbocycles. The summed E-state index contributed by atoms with van der Waals surface area (Å²) in [5, 5.41) is 11.1. The molecule has 4 fully saturated rings. The van der Waals surface area contributed by atoms with Crippen LogP contribution in [0.1, 0.15) is 42.6 Å². The number of likely N-dealkylation sites (tertiary alicyclic amines) is 2. The fourth-order valence-corrected chi connectivity index (χ4v) is 6.30. The molecule has 0 saturated carbocycles. The van der Waals surface area contributed by atoms with Crippen LogP contribution in [0.3, 0.4) is 0 Å². The molecule has 15 nitrogen and oxygen atoms in total. The van der Waals surface area contributed by atoms with Crippen molar-refractivity contribution in [3.05, 3.63) is 40.4 Å². The van der Waals surface area contributed by atoms with Gasteiger partial charge in [-0.15, -0.1) is 10.2 Å². The quantitative estimate of drug-likeness (QED) is 0.370. The van der Waals surface area contributed by atoms with Crippen LogP contribution >= 0.6 is 0 Å². The van der Waals surface area contributed by atoms with E-state index in [9.17, 15) is 24.0 Å². The summed E-state index contributed by atoms with van der Waals surface area (Å²) in [6.45, 7) is 3.61. The molecule has 45 heavy (non-hydrogen) atoms. The third kappa shape index (κ3) is 6.31. The molecule has 4 saturated heterocycles. The van der Waals surface area contributed by atoms with Crippen LogP contribution in [0.25, 0.3) is 0 Å². The molecule has 6 heterocycles. The highest BCUT2D eigenvalue weighted by Gasteiger charge is 2.49. The predicted octanol–water partition coefficient (Wildman–Crippen LogP) is -0.644. The Labute approximate surface area is 260 Å². The third-order valence-electron chi connectivity index (χ3n) is 8.73. The van der Waals surface area contributed by atoms with Crippen molar-refractivity contribution < 1.29 is 38.2 Å². The summed E-state index contributed by atoms with van der Waals surface area (Å²) in [4.78, 5) is 78.0. The van der Waals surface area contributed by atoms with Gasteiger partial charge in [0.2, 0.25) is 11.9 Å². The SMILES string of the molecule is O=C(C1=C(C(=O)N2CCCC2)C(C(=O)N2CCCCC2)OC(C(=O)N2CCOCC2)=C1C(=O)N1CCOCC1)c1ccnnn1. The summed E-state index contributed by atoms with van der Waals surface area (Å²) in [6, 6.07) is 1.32. The molecule has 0 N–H and O–H groups in total. The van der Waals surface area contributed by atoms with E-state index in [2.05, 4.69) is 15.4 Å². The molecule has 0 radical (unpaired) electrons. The van der Waals surface area contributed by atoms with Crippen molar-refractivity contribution >= 4 is 29.4 Å². The minimum absolute atomic E-state index is 0.191. The minimum Gasteiger partial charge on any atom is -0.469 e. The molecule has 0 bridgehead atoms. The van der Waals surface area contributed by atoms with Gasteiger partial charge in [-0.2, -0.15) is 0 Å². The Morgan fingerprint density at radius 3 is 1.80 bits per heavy atom. The monoisotopic (exact) mass is 623 g/mol. The number of rotatable bonds is 6. The molecule has 240 valence electrons. The van der Waals surface area contributed by atoms with E-state index in [1.165, 1.54) is 22.1 Å². The number of morpholine rings is 2. The number of carbonyl (C=O) groups is 5. The van der Waals surface area contributed by atoms with E-state index in [0.717, 1.165) is 32.1 Å². The lowest BCUT2D eigenvalue weighted by molar-refractivity contribution is -0.147. The van der Waals surface area contributed by atoms with Gasteiger partial charge in [0.15, 0.2) is 5.76 Å². The summed E-state index contributed by atoms with van der Waals surface area (Å²) in [6.07, 6.45) is 3.64. The molecule has 4 amide bonds. The van der Waals surface area contributed by atoms with Gasteiger partial charge in [0.1, 0.15) is 5.69 Å². The van der Waals surface area contributed by atoms with Crippen molar-refractivity contribution in [1.29, 1.82) is 0 Å². The normalized spacial score (nSPS) is 22.8. The van der Waals surface area contributed by atoms with Crippen LogP contribution in [-0.2, 0) is 33.4 Å². The highest BCUT2D eigenvalue weighted by atomic mass is 16.5. The molecule has 6 rings (SSSR count). The first-order valence-corrected chi connectivity index (χ1v) is 15.6. The molecule has 1 atom stereocenters. The molecule has 1 aromatic rings. The molecule has 0 aromatic carbocycles. The van der Waals surface area contributed by atoms with E-state index in [1.54, 1.807) is 9.80 Å². The summed E-state index contributed by atoms with van der Waals surface area (Å²) in [5.41, 5.74) is -1.17. The number of ketones is 1. The number of hydrogen-bond acceptors (Lipinski definition) is 11. The average molecular weight is 624 g/mol. The van der Waals surface area contributed by atoms with Gasteiger partial charge in [-0.3, -0.25) is 24.0 Å². The molecule has 15 heteroatoms. The maximum absolute atomic E-state index is 14.5. The highest BCUT2D eigenvalue weighted by Crippen LogP contribution is 2.37. The van der Waals surface area contributed by atoms with E-state index in [1.807, 2.05) is 0 Å². The van der Waals surface area contributed by atoms with E-state index in [-0.39, 0.29) is 75.0 Å². The lowest BCUT2D eigenvalue weighted by atomic mass is 9.85. The van der Waals surface area contributed by atoms with Crippen LogP contribution in [0.5, 0.6) is 0 Å². The second-order valence-corrected chi connectivity index (χ2v) is 11.5. The third-order valence-corrected chi connectivity index (χ3v) is 8.73. The summed E-state index contributed by atoms with van der Waals surface area (Å²) in [7, 11) is 0. The Balaban J connectivity index is 1.58. The number of aromatic nitrogens is 3. The van der Waals surface area contributed by atoms with Crippen molar-refractivity contribution in [1.82, 2.24) is 35.0 Å². The van der Waals surface area contributed by atoms with Crippen LogP contribution in [0.15, 0.2) is 34.7 Å². The minimum atomic E-state index is -1.62. The van der Waals surface area contributed by atoms with Gasteiger partial charge in [-0.05, 0) is 43.4 Å². The Morgan fingerprint density at radius 1 is 0.644 bits per heavy atom. The zero-order valence-electron chi connectivity index (χ0n) is 25.1. The van der Waals surface area contributed by atoms with E-state index < -0.39 is 41.3 Å². The van der Waals surface area contributed by atoms with Crippen LogP contribution in [0.4, 0.5) is 0 Å². The van der Waals surface area contributed by atoms with Crippen molar-refractivity contribution in [2.45, 2.75) is 38.2 Å². The van der Waals surface area contributed by atoms with Crippen LogP contribution in [0.2, 0.25) is 0 Å². The van der Waals surface area contributed by atoms with Crippen molar-refractivity contribution in [3.63, 3.8) is 0 Å².